The second kappa shape index (κ2) is 8.12. The number of hydrogen-bond acceptors (Lipinski definition) is 5. The molecule has 0 bridgehead atoms. The van der Waals surface area contributed by atoms with Crippen LogP contribution in [0.2, 0.25) is 0 Å². The smallest absolute Gasteiger partial charge is 0.175 e. The van der Waals surface area contributed by atoms with Crippen LogP contribution in [-0.2, 0) is 28.1 Å². The Morgan fingerprint density at radius 3 is 2.69 bits per heavy atom. The quantitative estimate of drug-likeness (QED) is 0.533. The second-order valence-electron chi connectivity index (χ2n) is 8.99. The third kappa shape index (κ3) is 4.23. The van der Waals surface area contributed by atoms with Gasteiger partial charge in [0, 0.05) is 47.4 Å². The number of benzene rings is 1. The van der Waals surface area contributed by atoms with Gasteiger partial charge < -0.3 is 14.8 Å². The van der Waals surface area contributed by atoms with Crippen molar-refractivity contribution in [2.24, 2.45) is 0 Å². The van der Waals surface area contributed by atoms with Crippen molar-refractivity contribution in [3.05, 3.63) is 53.5 Å². The van der Waals surface area contributed by atoms with Crippen LogP contribution in [0.4, 0.5) is 8.78 Å². The number of fused-ring (bicyclic) bond motifs is 2. The number of alkyl halides is 2. The molecule has 0 amide bonds. The molecule has 0 saturated carbocycles. The minimum atomic E-state index is -3.55. The molecule has 2 unspecified atom stereocenters. The summed E-state index contributed by atoms with van der Waals surface area (Å²) in [5.74, 6) is 0.426. The zero-order chi connectivity index (χ0) is 23.1. The lowest BCUT2D eigenvalue weighted by Gasteiger charge is -2.36. The first-order valence-electron chi connectivity index (χ1n) is 10.3. The molecule has 1 aliphatic heterocycles. The predicted molar refractivity (Wildman–Crippen MR) is 117 cm³/mol. The van der Waals surface area contributed by atoms with Crippen LogP contribution in [0.25, 0.3) is 10.9 Å². The number of rotatable bonds is 8. The van der Waals surface area contributed by atoms with Gasteiger partial charge in [0.05, 0.1) is 35.5 Å². The molecule has 2 N–H and O–H groups in total. The van der Waals surface area contributed by atoms with Crippen LogP contribution in [0.3, 0.4) is 0 Å². The van der Waals surface area contributed by atoms with Gasteiger partial charge in [0.25, 0.3) is 0 Å². The molecule has 0 saturated heterocycles. The van der Waals surface area contributed by atoms with Crippen molar-refractivity contribution in [1.29, 1.82) is 0 Å². The fourth-order valence-corrected chi connectivity index (χ4v) is 5.21. The zero-order valence-corrected chi connectivity index (χ0v) is 18.8. The number of hydrogen-bond donors (Lipinski definition) is 2. The van der Waals surface area contributed by atoms with E-state index >= 15 is 0 Å². The van der Waals surface area contributed by atoms with Gasteiger partial charge in [-0.2, -0.15) is 0 Å². The number of pyridine rings is 1. The van der Waals surface area contributed by atoms with Crippen molar-refractivity contribution in [1.82, 2.24) is 9.97 Å². The molecule has 1 aliphatic rings. The summed E-state index contributed by atoms with van der Waals surface area (Å²) in [4.78, 5) is 7.21. The number of H-pyrrole nitrogens is 1. The fraction of sp³-hybridized carbons (Fsp3) is 0.435. The van der Waals surface area contributed by atoms with Gasteiger partial charge in [0.1, 0.15) is 12.4 Å². The number of sulfone groups is 1. The Morgan fingerprint density at radius 2 is 2.03 bits per heavy atom. The highest BCUT2D eigenvalue weighted by atomic mass is 32.2. The molecule has 32 heavy (non-hydrogen) atoms. The van der Waals surface area contributed by atoms with Crippen LogP contribution in [-0.4, -0.2) is 55.3 Å². The van der Waals surface area contributed by atoms with E-state index in [1.807, 2.05) is 0 Å². The van der Waals surface area contributed by atoms with E-state index in [1.54, 1.807) is 37.5 Å². The van der Waals surface area contributed by atoms with Gasteiger partial charge in [0.2, 0.25) is 0 Å². The molecule has 0 fully saturated rings. The highest BCUT2D eigenvalue weighted by molar-refractivity contribution is 7.90. The summed E-state index contributed by atoms with van der Waals surface area (Å²) in [5.41, 5.74) is -0.868. The minimum absolute atomic E-state index is 0.0586. The molecule has 3 aromatic rings. The van der Waals surface area contributed by atoms with Gasteiger partial charge in [-0.1, -0.05) is 6.92 Å². The van der Waals surface area contributed by atoms with E-state index < -0.39 is 34.2 Å². The van der Waals surface area contributed by atoms with Crippen LogP contribution >= 0.6 is 0 Å². The Morgan fingerprint density at radius 1 is 1.25 bits per heavy atom. The summed E-state index contributed by atoms with van der Waals surface area (Å²) in [6.45, 7) is -0.0968. The van der Waals surface area contributed by atoms with Crippen molar-refractivity contribution in [3.63, 3.8) is 0 Å². The van der Waals surface area contributed by atoms with Crippen LogP contribution < -0.4 is 4.74 Å². The largest absolute Gasteiger partial charge is 0.493 e. The molecule has 0 spiro atoms. The van der Waals surface area contributed by atoms with E-state index in [4.69, 9.17) is 4.74 Å². The molecule has 4 rings (SSSR count). The first-order valence-corrected chi connectivity index (χ1v) is 12.2. The summed E-state index contributed by atoms with van der Waals surface area (Å²) in [5, 5.41) is 12.0. The standard InChI is InChI=1S/C23H26F2N2O4S/c1-22(13-24,19-9-18(32(2,29)30)8-16-4-6-31-21(16)19)12-23(28,14-25)10-17-7-15-3-5-26-11-20(15)27-17/h3,5,7-9,11,27-28H,4,6,10,12-14H2,1-2H3. The average Bonchev–Trinajstić information content (AvgIpc) is 3.38. The van der Waals surface area contributed by atoms with Crippen LogP contribution in [0, 0.1) is 0 Å². The van der Waals surface area contributed by atoms with Gasteiger partial charge in [-0.25, -0.2) is 12.8 Å². The lowest BCUT2D eigenvalue weighted by Crippen LogP contribution is -2.43. The number of nitrogens with one attached hydrogen (secondary N) is 1. The van der Waals surface area contributed by atoms with E-state index in [-0.39, 0.29) is 17.7 Å². The highest BCUT2D eigenvalue weighted by Crippen LogP contribution is 2.44. The maximum absolute atomic E-state index is 14.5. The SMILES string of the molecule is CC(CF)(CC(O)(CF)Cc1cc2ccncc2[nH]1)c1cc(S(C)(=O)=O)cc2c1OCC2. The molecule has 2 atom stereocenters. The highest BCUT2D eigenvalue weighted by Gasteiger charge is 2.42. The van der Waals surface area contributed by atoms with Crippen molar-refractivity contribution < 1.29 is 27.0 Å². The number of aromatic amines is 1. The summed E-state index contributed by atoms with van der Waals surface area (Å²) in [7, 11) is -3.55. The maximum atomic E-state index is 14.5. The lowest BCUT2D eigenvalue weighted by molar-refractivity contribution is -0.0153. The van der Waals surface area contributed by atoms with Crippen LogP contribution in [0.15, 0.2) is 41.6 Å². The first kappa shape index (κ1) is 22.7. The molecular formula is C23H26F2N2O4S. The average molecular weight is 465 g/mol. The van der Waals surface area contributed by atoms with Gasteiger partial charge in [-0.15, -0.1) is 0 Å². The van der Waals surface area contributed by atoms with Crippen molar-refractivity contribution in [3.8, 4) is 5.75 Å². The molecule has 9 heteroatoms. The van der Waals surface area contributed by atoms with E-state index in [0.29, 0.717) is 35.6 Å². The van der Waals surface area contributed by atoms with Gasteiger partial charge in [0.15, 0.2) is 9.84 Å². The Balaban J connectivity index is 1.72. The van der Waals surface area contributed by atoms with Crippen molar-refractivity contribution in [2.45, 2.75) is 42.1 Å². The Kier molecular flexibility index (Phi) is 5.75. The summed E-state index contributed by atoms with van der Waals surface area (Å²) >= 11 is 0. The molecule has 0 radical (unpaired) electrons. The van der Waals surface area contributed by atoms with Crippen LogP contribution in [0.5, 0.6) is 5.75 Å². The Labute approximate surface area is 185 Å². The monoisotopic (exact) mass is 464 g/mol. The molecule has 0 aliphatic carbocycles. The van der Waals surface area contributed by atoms with Gasteiger partial charge in [-0.05, 0) is 36.2 Å². The number of halogens is 2. The third-order valence-corrected chi connectivity index (χ3v) is 7.19. The zero-order valence-electron chi connectivity index (χ0n) is 18.0. The molecule has 1 aromatic carbocycles. The minimum Gasteiger partial charge on any atom is -0.493 e. The number of aliphatic hydroxyl groups is 1. The molecular weight excluding hydrogens is 438 g/mol. The molecule has 3 heterocycles. The molecule has 6 nitrogen and oxygen atoms in total. The molecule has 172 valence electrons. The Hall–Kier alpha value is -2.52. The van der Waals surface area contributed by atoms with E-state index in [9.17, 15) is 22.3 Å². The van der Waals surface area contributed by atoms with Crippen molar-refractivity contribution >= 4 is 20.7 Å². The lowest BCUT2D eigenvalue weighted by atomic mass is 9.73. The normalized spacial score (nSPS) is 17.5. The van der Waals surface area contributed by atoms with E-state index in [2.05, 4.69) is 9.97 Å². The predicted octanol–water partition coefficient (Wildman–Crippen LogP) is 3.46. The fourth-order valence-electron chi connectivity index (χ4n) is 4.52. The topological polar surface area (TPSA) is 92.3 Å². The third-order valence-electron chi connectivity index (χ3n) is 6.10. The van der Waals surface area contributed by atoms with Gasteiger partial charge >= 0.3 is 0 Å². The number of ether oxygens (including phenoxy) is 1. The number of nitrogens with zero attached hydrogens (tertiary/aromatic N) is 1. The molecule has 2 aromatic heterocycles. The van der Waals surface area contributed by atoms with Crippen molar-refractivity contribution in [2.75, 3.05) is 26.2 Å². The van der Waals surface area contributed by atoms with Crippen LogP contribution in [0.1, 0.15) is 30.2 Å². The van der Waals surface area contributed by atoms with E-state index in [1.165, 1.54) is 6.07 Å². The summed E-state index contributed by atoms with van der Waals surface area (Å²) in [6, 6.07) is 6.54. The first-order chi connectivity index (χ1) is 15.1. The number of aromatic nitrogens is 2. The van der Waals surface area contributed by atoms with Gasteiger partial charge in [-0.3, -0.25) is 9.37 Å². The Bertz CT molecular complexity index is 1230. The summed E-state index contributed by atoms with van der Waals surface area (Å²) < 4.78 is 58.9. The van der Waals surface area contributed by atoms with E-state index in [0.717, 1.165) is 17.2 Å². The maximum Gasteiger partial charge on any atom is 0.175 e. The summed E-state index contributed by atoms with van der Waals surface area (Å²) in [6.07, 6.45) is 4.54. The second-order valence-corrected chi connectivity index (χ2v) is 11.0.